The van der Waals surface area contributed by atoms with Crippen molar-refractivity contribution < 1.29 is 19.2 Å². The van der Waals surface area contributed by atoms with Gasteiger partial charge in [-0.2, -0.15) is 0 Å². The first-order valence-electron chi connectivity index (χ1n) is 5.41. The highest BCUT2D eigenvalue weighted by molar-refractivity contribution is 7.18. The molecule has 0 spiro atoms. The minimum atomic E-state index is -0.970. The molecule has 0 saturated carbocycles. The van der Waals surface area contributed by atoms with Crippen LogP contribution in [0.15, 0.2) is 12.1 Å². The van der Waals surface area contributed by atoms with Crippen LogP contribution in [0.4, 0.5) is 4.79 Å². The number of likely N-dealkylation sites (N-methyl/N-ethyl adjacent to an activating group) is 1. The lowest BCUT2D eigenvalue weighted by atomic mass is 10.3. The summed E-state index contributed by atoms with van der Waals surface area (Å²) < 4.78 is 0.439. The van der Waals surface area contributed by atoms with Crippen molar-refractivity contribution in [1.29, 1.82) is 0 Å². The molecule has 4 amide bonds. The third-order valence-corrected chi connectivity index (χ3v) is 3.87. The maximum atomic E-state index is 11.9. The molecule has 1 saturated heterocycles. The molecular weight excluding hydrogens is 292 g/mol. The Morgan fingerprint density at radius 1 is 1.21 bits per heavy atom. The number of hydrogen-bond donors (Lipinski definition) is 0. The van der Waals surface area contributed by atoms with Crippen LogP contribution < -0.4 is 0 Å². The highest BCUT2D eigenvalue weighted by Gasteiger charge is 2.44. The predicted octanol–water partition coefficient (Wildman–Crippen LogP) is 1.39. The van der Waals surface area contributed by atoms with Gasteiger partial charge in [0, 0.05) is 6.54 Å². The Kier molecular flexibility index (Phi) is 3.68. The fourth-order valence-corrected chi connectivity index (χ4v) is 2.63. The van der Waals surface area contributed by atoms with E-state index in [4.69, 9.17) is 11.6 Å². The molecule has 1 aromatic rings. The lowest BCUT2D eigenvalue weighted by Crippen LogP contribution is -2.36. The van der Waals surface area contributed by atoms with Gasteiger partial charge in [0.2, 0.25) is 0 Å². The van der Waals surface area contributed by atoms with Crippen LogP contribution >= 0.6 is 22.9 Å². The van der Waals surface area contributed by atoms with E-state index in [2.05, 4.69) is 0 Å². The summed E-state index contributed by atoms with van der Waals surface area (Å²) in [5.74, 6) is -2.29. The summed E-state index contributed by atoms with van der Waals surface area (Å²) in [5, 5.41) is 0. The Labute approximate surface area is 117 Å². The predicted molar refractivity (Wildman–Crippen MR) is 68.2 cm³/mol. The molecule has 0 bridgehead atoms. The van der Waals surface area contributed by atoms with Crippen molar-refractivity contribution in [2.75, 3.05) is 13.1 Å². The zero-order valence-corrected chi connectivity index (χ0v) is 11.5. The van der Waals surface area contributed by atoms with Crippen molar-refractivity contribution >= 4 is 46.6 Å². The Morgan fingerprint density at radius 3 is 2.32 bits per heavy atom. The fourth-order valence-electron chi connectivity index (χ4n) is 1.65. The molecule has 8 heteroatoms. The Balaban J connectivity index is 2.15. The second-order valence-electron chi connectivity index (χ2n) is 3.75. The smallest absolute Gasteiger partial charge is 0.291 e. The third-order valence-electron chi connectivity index (χ3n) is 2.60. The first kappa shape index (κ1) is 13.7. The molecule has 2 rings (SSSR count). The summed E-state index contributed by atoms with van der Waals surface area (Å²) in [4.78, 5) is 48.5. The average molecular weight is 301 g/mol. The molecule has 0 N–H and O–H groups in total. The van der Waals surface area contributed by atoms with E-state index >= 15 is 0 Å². The Hall–Kier alpha value is -1.73. The number of thiophene rings is 1. The van der Waals surface area contributed by atoms with Crippen LogP contribution in [-0.2, 0) is 9.59 Å². The SMILES string of the molecule is CCN1C(=O)C(=O)N(CC(=O)c2ccc(Cl)s2)C1=O. The van der Waals surface area contributed by atoms with E-state index in [1.54, 1.807) is 13.0 Å². The van der Waals surface area contributed by atoms with Crippen molar-refractivity contribution in [2.45, 2.75) is 6.92 Å². The minimum absolute atomic E-state index is 0.0962. The molecule has 1 aliphatic heterocycles. The number of imide groups is 2. The fraction of sp³-hybridized carbons (Fsp3) is 0.273. The normalized spacial score (nSPS) is 15.6. The van der Waals surface area contributed by atoms with E-state index in [0.717, 1.165) is 16.2 Å². The molecule has 0 atom stereocenters. The molecular formula is C11H9ClN2O4S. The monoisotopic (exact) mass is 300 g/mol. The molecule has 19 heavy (non-hydrogen) atoms. The van der Waals surface area contributed by atoms with E-state index in [9.17, 15) is 19.2 Å². The van der Waals surface area contributed by atoms with Gasteiger partial charge < -0.3 is 0 Å². The molecule has 0 unspecified atom stereocenters. The van der Waals surface area contributed by atoms with Gasteiger partial charge in [0.1, 0.15) is 0 Å². The van der Waals surface area contributed by atoms with Gasteiger partial charge in [0.05, 0.1) is 15.8 Å². The standard InChI is InChI=1S/C11H9ClN2O4S/c1-2-13-9(16)10(17)14(11(13)18)5-6(15)7-3-4-8(12)19-7/h3-4H,2,5H2,1H3. The van der Waals surface area contributed by atoms with Crippen molar-refractivity contribution in [3.8, 4) is 0 Å². The van der Waals surface area contributed by atoms with Crippen LogP contribution in [0, 0.1) is 0 Å². The Morgan fingerprint density at radius 2 is 1.84 bits per heavy atom. The van der Waals surface area contributed by atoms with E-state index in [0.29, 0.717) is 14.1 Å². The highest BCUT2D eigenvalue weighted by atomic mass is 35.5. The van der Waals surface area contributed by atoms with E-state index in [-0.39, 0.29) is 6.54 Å². The third kappa shape index (κ3) is 2.39. The summed E-state index contributed by atoms with van der Waals surface area (Å²) in [6.45, 7) is 1.23. The van der Waals surface area contributed by atoms with Gasteiger partial charge in [-0.25, -0.2) is 9.69 Å². The molecule has 1 aromatic heterocycles. The number of amides is 4. The number of Topliss-reactive ketones (excluding diaryl/α,β-unsaturated/α-hetero) is 1. The van der Waals surface area contributed by atoms with Gasteiger partial charge in [-0.3, -0.25) is 19.3 Å². The number of ketones is 1. The van der Waals surface area contributed by atoms with Gasteiger partial charge in [-0.05, 0) is 19.1 Å². The maximum absolute atomic E-state index is 11.9. The van der Waals surface area contributed by atoms with Gasteiger partial charge in [0.25, 0.3) is 0 Å². The Bertz CT molecular complexity index is 583. The number of rotatable bonds is 4. The van der Waals surface area contributed by atoms with Crippen molar-refractivity contribution in [3.63, 3.8) is 0 Å². The van der Waals surface area contributed by atoms with Gasteiger partial charge in [-0.1, -0.05) is 11.6 Å². The number of nitrogens with zero attached hydrogens (tertiary/aromatic N) is 2. The highest BCUT2D eigenvalue weighted by Crippen LogP contribution is 2.22. The van der Waals surface area contributed by atoms with Crippen LogP contribution in [0.25, 0.3) is 0 Å². The number of halogens is 1. The molecule has 0 radical (unpaired) electrons. The molecule has 2 heterocycles. The number of hydrogen-bond acceptors (Lipinski definition) is 5. The molecule has 0 aliphatic carbocycles. The van der Waals surface area contributed by atoms with Gasteiger partial charge >= 0.3 is 17.8 Å². The minimum Gasteiger partial charge on any atom is -0.291 e. The first-order valence-corrected chi connectivity index (χ1v) is 6.61. The maximum Gasteiger partial charge on any atom is 0.334 e. The molecule has 0 aromatic carbocycles. The van der Waals surface area contributed by atoms with E-state index in [1.165, 1.54) is 6.07 Å². The lowest BCUT2D eigenvalue weighted by molar-refractivity contribution is -0.143. The van der Waals surface area contributed by atoms with Crippen LogP contribution in [-0.4, -0.2) is 46.5 Å². The van der Waals surface area contributed by atoms with Crippen LogP contribution in [0.2, 0.25) is 4.34 Å². The topological polar surface area (TPSA) is 74.8 Å². The van der Waals surface area contributed by atoms with Gasteiger partial charge in [0.15, 0.2) is 5.78 Å². The lowest BCUT2D eigenvalue weighted by Gasteiger charge is -2.12. The van der Waals surface area contributed by atoms with Crippen molar-refractivity contribution in [2.24, 2.45) is 0 Å². The number of carbonyl (C=O) groups excluding carboxylic acids is 4. The number of carbonyl (C=O) groups is 4. The molecule has 100 valence electrons. The largest absolute Gasteiger partial charge is 0.334 e. The second kappa shape index (κ2) is 5.10. The van der Waals surface area contributed by atoms with Crippen LogP contribution in [0.5, 0.6) is 0 Å². The second-order valence-corrected chi connectivity index (χ2v) is 5.47. The van der Waals surface area contributed by atoms with Gasteiger partial charge in [-0.15, -0.1) is 11.3 Å². The molecule has 6 nitrogen and oxygen atoms in total. The summed E-state index contributed by atoms with van der Waals surface area (Å²) >= 11 is 6.76. The quantitative estimate of drug-likeness (QED) is 0.478. The number of urea groups is 1. The van der Waals surface area contributed by atoms with E-state index in [1.807, 2.05) is 0 Å². The van der Waals surface area contributed by atoms with Crippen LogP contribution in [0.1, 0.15) is 16.6 Å². The summed E-state index contributed by atoms with van der Waals surface area (Å²) in [5.41, 5.74) is 0. The summed E-state index contributed by atoms with van der Waals surface area (Å²) in [6.07, 6.45) is 0. The van der Waals surface area contributed by atoms with Crippen molar-refractivity contribution in [3.05, 3.63) is 21.3 Å². The zero-order chi connectivity index (χ0) is 14.2. The van der Waals surface area contributed by atoms with Crippen molar-refractivity contribution in [1.82, 2.24) is 9.80 Å². The van der Waals surface area contributed by atoms with E-state index < -0.39 is 30.2 Å². The zero-order valence-electron chi connectivity index (χ0n) is 9.88. The molecule has 1 aliphatic rings. The summed E-state index contributed by atoms with van der Waals surface area (Å²) in [7, 11) is 0. The van der Waals surface area contributed by atoms with Crippen LogP contribution in [0.3, 0.4) is 0 Å². The average Bonchev–Trinajstić information content (AvgIpc) is 2.88. The summed E-state index contributed by atoms with van der Waals surface area (Å²) in [6, 6.07) is 2.31. The first-order chi connectivity index (χ1) is 8.95. The molecule has 1 fully saturated rings.